The first-order chi connectivity index (χ1) is 4.43. The van der Waals surface area contributed by atoms with Crippen molar-refractivity contribution in [1.29, 1.82) is 0 Å². The summed E-state index contributed by atoms with van der Waals surface area (Å²) in [5.41, 5.74) is 0.576. The van der Waals surface area contributed by atoms with Gasteiger partial charge in [0.05, 0.1) is 5.71 Å². The van der Waals surface area contributed by atoms with Gasteiger partial charge in [-0.15, -0.1) is 0 Å². The van der Waals surface area contributed by atoms with Crippen LogP contribution in [0.25, 0.3) is 0 Å². The second kappa shape index (κ2) is 3.17. The maximum Gasteiger partial charge on any atom is 0.167 e. The number of allylic oxidation sites excluding steroid dienone is 2. The summed E-state index contributed by atoms with van der Waals surface area (Å²) < 4.78 is 0. The lowest BCUT2D eigenvalue weighted by Crippen LogP contribution is -1.93. The first-order valence-corrected chi connectivity index (χ1v) is 3.09. The third-order valence-corrected chi connectivity index (χ3v) is 1.23. The van der Waals surface area contributed by atoms with Gasteiger partial charge in [-0.2, -0.15) is 0 Å². The smallest absolute Gasteiger partial charge is 0.167 e. The molecule has 0 bridgehead atoms. The Bertz CT molecular complexity index is 158. The average molecular weight is 123 g/mol. The van der Waals surface area contributed by atoms with E-state index in [1.54, 1.807) is 6.08 Å². The van der Waals surface area contributed by atoms with Gasteiger partial charge in [-0.05, 0) is 18.9 Å². The highest BCUT2D eigenvalue weighted by Crippen LogP contribution is 1.97. The molecule has 9 heavy (non-hydrogen) atoms. The van der Waals surface area contributed by atoms with Gasteiger partial charge in [0.2, 0.25) is 0 Å². The molecule has 1 rings (SSSR count). The Kier molecular flexibility index (Phi) is 2.19. The van der Waals surface area contributed by atoms with E-state index in [2.05, 4.69) is 4.99 Å². The van der Waals surface area contributed by atoms with Crippen LogP contribution in [0.1, 0.15) is 12.8 Å². The predicted octanol–water partition coefficient (Wildman–Crippen LogP) is 0.976. The van der Waals surface area contributed by atoms with E-state index in [-0.39, 0.29) is 0 Å². The standard InChI is InChI=1S/C7H9NO/c9-6-7-4-2-1-3-5-8-7/h2,4,6H,1,3,5H2. The molecule has 0 atom stereocenters. The van der Waals surface area contributed by atoms with Crippen LogP contribution in [-0.4, -0.2) is 18.5 Å². The molecular formula is C7H9NO. The third kappa shape index (κ3) is 1.80. The molecule has 0 aromatic heterocycles. The third-order valence-electron chi connectivity index (χ3n) is 1.23. The summed E-state index contributed by atoms with van der Waals surface area (Å²) in [6, 6.07) is 0. The fourth-order valence-corrected chi connectivity index (χ4v) is 0.751. The molecule has 0 amide bonds. The molecule has 1 heterocycles. The van der Waals surface area contributed by atoms with Gasteiger partial charge >= 0.3 is 0 Å². The Hall–Kier alpha value is -0.920. The van der Waals surface area contributed by atoms with Crippen molar-refractivity contribution in [2.24, 2.45) is 4.99 Å². The normalized spacial score (nSPS) is 18.4. The van der Waals surface area contributed by atoms with E-state index in [1.165, 1.54) is 0 Å². The number of aldehydes is 1. The number of nitrogens with zero attached hydrogens (tertiary/aromatic N) is 1. The fraction of sp³-hybridized carbons (Fsp3) is 0.429. The zero-order chi connectivity index (χ0) is 6.53. The molecule has 0 N–H and O–H groups in total. The molecule has 0 unspecified atom stereocenters. The van der Waals surface area contributed by atoms with Crippen LogP contribution >= 0.6 is 0 Å². The highest BCUT2D eigenvalue weighted by atomic mass is 16.1. The maximum atomic E-state index is 10.1. The molecule has 1 aliphatic heterocycles. The molecule has 0 radical (unpaired) electrons. The Morgan fingerprint density at radius 1 is 1.67 bits per heavy atom. The van der Waals surface area contributed by atoms with Gasteiger partial charge < -0.3 is 0 Å². The first kappa shape index (κ1) is 6.20. The van der Waals surface area contributed by atoms with Crippen LogP contribution in [0, 0.1) is 0 Å². The van der Waals surface area contributed by atoms with Crippen molar-refractivity contribution in [2.75, 3.05) is 6.54 Å². The van der Waals surface area contributed by atoms with Crippen molar-refractivity contribution in [2.45, 2.75) is 12.8 Å². The Balaban J connectivity index is 2.63. The molecule has 0 aromatic carbocycles. The highest BCUT2D eigenvalue weighted by molar-refractivity contribution is 6.33. The summed E-state index contributed by atoms with van der Waals surface area (Å²) in [5.74, 6) is 0. The molecule has 2 nitrogen and oxygen atoms in total. The molecule has 1 aliphatic rings. The van der Waals surface area contributed by atoms with Crippen LogP contribution in [0.4, 0.5) is 0 Å². The van der Waals surface area contributed by atoms with Crippen molar-refractivity contribution in [3.8, 4) is 0 Å². The van der Waals surface area contributed by atoms with E-state index in [0.29, 0.717) is 5.71 Å². The van der Waals surface area contributed by atoms with E-state index in [9.17, 15) is 4.79 Å². The van der Waals surface area contributed by atoms with Crippen molar-refractivity contribution in [1.82, 2.24) is 0 Å². The van der Waals surface area contributed by atoms with Crippen LogP contribution in [0.3, 0.4) is 0 Å². The molecule has 0 aliphatic carbocycles. The van der Waals surface area contributed by atoms with Gasteiger partial charge in [0.1, 0.15) is 0 Å². The Morgan fingerprint density at radius 3 is 3.33 bits per heavy atom. The van der Waals surface area contributed by atoms with Gasteiger partial charge in [-0.1, -0.05) is 6.08 Å². The summed E-state index contributed by atoms with van der Waals surface area (Å²) in [6.45, 7) is 0.793. The molecule has 0 saturated carbocycles. The second-order valence-electron chi connectivity index (χ2n) is 1.97. The zero-order valence-corrected chi connectivity index (χ0v) is 5.21. The van der Waals surface area contributed by atoms with Gasteiger partial charge in [-0.25, -0.2) is 0 Å². The van der Waals surface area contributed by atoms with Crippen molar-refractivity contribution < 1.29 is 4.79 Å². The zero-order valence-electron chi connectivity index (χ0n) is 5.21. The van der Waals surface area contributed by atoms with Gasteiger partial charge in [0.25, 0.3) is 0 Å². The van der Waals surface area contributed by atoms with Gasteiger partial charge in [0.15, 0.2) is 6.29 Å². The number of carbonyl (C=O) groups excluding carboxylic acids is 1. The van der Waals surface area contributed by atoms with E-state index >= 15 is 0 Å². The largest absolute Gasteiger partial charge is 0.296 e. The lowest BCUT2D eigenvalue weighted by Gasteiger charge is -1.84. The number of rotatable bonds is 1. The lowest BCUT2D eigenvalue weighted by molar-refractivity contribution is -0.102. The summed E-state index contributed by atoms with van der Waals surface area (Å²) >= 11 is 0. The quantitative estimate of drug-likeness (QED) is 0.478. The predicted molar refractivity (Wildman–Crippen MR) is 36.7 cm³/mol. The minimum Gasteiger partial charge on any atom is -0.296 e. The average Bonchev–Trinajstić information content (AvgIpc) is 2.13. The van der Waals surface area contributed by atoms with Gasteiger partial charge in [0, 0.05) is 6.54 Å². The minimum atomic E-state index is 0.576. The second-order valence-corrected chi connectivity index (χ2v) is 1.97. The SMILES string of the molecule is O=CC1=NCCCC=C1. The van der Waals surface area contributed by atoms with Crippen molar-refractivity contribution in [3.05, 3.63) is 12.2 Å². The molecule has 0 spiro atoms. The summed E-state index contributed by atoms with van der Waals surface area (Å²) in [5, 5.41) is 0. The monoisotopic (exact) mass is 123 g/mol. The summed E-state index contributed by atoms with van der Waals surface area (Å²) in [6.07, 6.45) is 6.66. The van der Waals surface area contributed by atoms with E-state index in [1.807, 2.05) is 6.08 Å². The van der Waals surface area contributed by atoms with Crippen LogP contribution in [-0.2, 0) is 4.79 Å². The summed E-state index contributed by atoms with van der Waals surface area (Å²) in [7, 11) is 0. The number of carbonyl (C=O) groups is 1. The van der Waals surface area contributed by atoms with Gasteiger partial charge in [-0.3, -0.25) is 9.79 Å². The van der Waals surface area contributed by atoms with E-state index in [4.69, 9.17) is 0 Å². The molecule has 0 fully saturated rings. The highest BCUT2D eigenvalue weighted by Gasteiger charge is 1.93. The van der Waals surface area contributed by atoms with Crippen LogP contribution in [0.5, 0.6) is 0 Å². The molecule has 48 valence electrons. The molecule has 0 saturated heterocycles. The fourth-order valence-electron chi connectivity index (χ4n) is 0.751. The summed E-state index contributed by atoms with van der Waals surface area (Å²) in [4.78, 5) is 14.1. The van der Waals surface area contributed by atoms with E-state index in [0.717, 1.165) is 25.7 Å². The number of hydrogen-bond donors (Lipinski definition) is 0. The topological polar surface area (TPSA) is 29.4 Å². The van der Waals surface area contributed by atoms with E-state index < -0.39 is 0 Å². The van der Waals surface area contributed by atoms with Crippen molar-refractivity contribution in [3.63, 3.8) is 0 Å². The first-order valence-electron chi connectivity index (χ1n) is 3.09. The lowest BCUT2D eigenvalue weighted by atomic mass is 10.3. The number of aliphatic imine (C=N–C) groups is 1. The molecule has 0 aromatic rings. The maximum absolute atomic E-state index is 10.1. The Labute approximate surface area is 54.3 Å². The van der Waals surface area contributed by atoms with Crippen LogP contribution < -0.4 is 0 Å². The number of hydrogen-bond acceptors (Lipinski definition) is 2. The van der Waals surface area contributed by atoms with Crippen LogP contribution in [0.2, 0.25) is 0 Å². The minimum absolute atomic E-state index is 0.576. The Morgan fingerprint density at radius 2 is 2.56 bits per heavy atom. The molecular weight excluding hydrogens is 114 g/mol. The van der Waals surface area contributed by atoms with Crippen molar-refractivity contribution >= 4 is 12.0 Å². The van der Waals surface area contributed by atoms with Crippen LogP contribution in [0.15, 0.2) is 17.1 Å². The molecule has 2 heteroatoms.